The van der Waals surface area contributed by atoms with Crippen molar-refractivity contribution < 1.29 is 4.79 Å². The lowest BCUT2D eigenvalue weighted by molar-refractivity contribution is -0.110. The van der Waals surface area contributed by atoms with Gasteiger partial charge in [0, 0.05) is 13.1 Å². The molecule has 1 saturated heterocycles. The summed E-state index contributed by atoms with van der Waals surface area (Å²) in [6, 6.07) is 0. The molecule has 1 unspecified atom stereocenters. The Kier molecular flexibility index (Phi) is 3.02. The van der Waals surface area contributed by atoms with E-state index in [1.165, 1.54) is 6.42 Å². The van der Waals surface area contributed by atoms with Crippen LogP contribution in [0.1, 0.15) is 13.3 Å². The summed E-state index contributed by atoms with van der Waals surface area (Å²) in [5.41, 5.74) is 0. The van der Waals surface area contributed by atoms with Crippen molar-refractivity contribution in [3.05, 3.63) is 0 Å². The van der Waals surface area contributed by atoms with Crippen LogP contribution in [0.2, 0.25) is 0 Å². The second-order valence-corrected chi connectivity index (χ2v) is 3.13. The molecule has 1 heterocycles. The van der Waals surface area contributed by atoms with Crippen molar-refractivity contribution in [3.63, 3.8) is 0 Å². The summed E-state index contributed by atoms with van der Waals surface area (Å²) in [7, 11) is 2.10. The molecule has 11 heavy (non-hydrogen) atoms. The molecule has 1 atom stereocenters. The number of hydrogen-bond donors (Lipinski definition) is 0. The van der Waals surface area contributed by atoms with Gasteiger partial charge in [-0.05, 0) is 20.4 Å². The molecule has 0 aliphatic carbocycles. The highest BCUT2D eigenvalue weighted by atomic mass is 16.1. The first-order valence-corrected chi connectivity index (χ1v) is 4.13. The van der Waals surface area contributed by atoms with Crippen molar-refractivity contribution >= 4 is 6.29 Å². The van der Waals surface area contributed by atoms with Crippen LogP contribution >= 0.6 is 0 Å². The van der Waals surface area contributed by atoms with Crippen LogP contribution < -0.4 is 0 Å². The van der Waals surface area contributed by atoms with Crippen LogP contribution in [0.3, 0.4) is 0 Å². The number of carbonyl (C=O) groups excluding carboxylic acids is 1. The smallest absolute Gasteiger partial charge is 0.134 e. The highest BCUT2D eigenvalue weighted by molar-refractivity contribution is 5.52. The Morgan fingerprint density at radius 1 is 1.55 bits per heavy atom. The quantitative estimate of drug-likeness (QED) is 0.532. The third-order valence-electron chi connectivity index (χ3n) is 2.43. The lowest BCUT2D eigenvalue weighted by atomic mass is 10.2. The van der Waals surface area contributed by atoms with Crippen molar-refractivity contribution in [1.82, 2.24) is 9.80 Å². The minimum absolute atomic E-state index is 0.425. The molecule has 3 nitrogen and oxygen atoms in total. The van der Waals surface area contributed by atoms with Gasteiger partial charge < -0.3 is 4.79 Å². The van der Waals surface area contributed by atoms with Crippen molar-refractivity contribution in [2.75, 3.05) is 26.7 Å². The molecule has 1 aliphatic heterocycles. The summed E-state index contributed by atoms with van der Waals surface area (Å²) in [4.78, 5) is 14.7. The lowest BCUT2D eigenvalue weighted by Crippen LogP contribution is -2.50. The number of carbonyl (C=O) groups is 1. The zero-order valence-electron chi connectivity index (χ0n) is 7.29. The van der Waals surface area contributed by atoms with E-state index in [2.05, 4.69) is 23.8 Å². The Hall–Kier alpha value is -0.410. The Balaban J connectivity index is 2.43. The molecule has 1 fully saturated rings. The fourth-order valence-corrected chi connectivity index (χ4v) is 1.52. The molecule has 0 amide bonds. The largest absolute Gasteiger partial charge is 0.302 e. The van der Waals surface area contributed by atoms with E-state index in [0.717, 1.165) is 19.4 Å². The molecule has 64 valence electrons. The van der Waals surface area contributed by atoms with Crippen LogP contribution in [0, 0.1) is 0 Å². The maximum atomic E-state index is 10.3. The lowest BCUT2D eigenvalue weighted by Gasteiger charge is -2.39. The predicted octanol–water partition coefficient (Wildman–Crippen LogP) is 0.169. The number of rotatable bonds is 2. The van der Waals surface area contributed by atoms with Crippen LogP contribution in [0.15, 0.2) is 0 Å². The topological polar surface area (TPSA) is 23.6 Å². The third kappa shape index (κ3) is 2.01. The van der Waals surface area contributed by atoms with E-state index < -0.39 is 0 Å². The van der Waals surface area contributed by atoms with E-state index in [4.69, 9.17) is 0 Å². The Labute approximate surface area is 68.0 Å². The molecule has 0 saturated carbocycles. The first kappa shape index (κ1) is 8.68. The molecule has 0 aromatic rings. The van der Waals surface area contributed by atoms with E-state index in [-0.39, 0.29) is 0 Å². The van der Waals surface area contributed by atoms with Gasteiger partial charge >= 0.3 is 0 Å². The van der Waals surface area contributed by atoms with Gasteiger partial charge in [-0.1, -0.05) is 0 Å². The van der Waals surface area contributed by atoms with Gasteiger partial charge in [-0.15, -0.1) is 0 Å². The highest BCUT2D eigenvalue weighted by Crippen LogP contribution is 2.10. The van der Waals surface area contributed by atoms with Crippen LogP contribution in [0.5, 0.6) is 0 Å². The standard InChI is InChI=1S/C8H16N2O/c1-8-9(2)4-3-5-10(8)6-7-11/h7-8H,3-6H2,1-2H3. The van der Waals surface area contributed by atoms with Gasteiger partial charge in [0.25, 0.3) is 0 Å². The Morgan fingerprint density at radius 2 is 2.27 bits per heavy atom. The van der Waals surface area contributed by atoms with Gasteiger partial charge in [-0.2, -0.15) is 0 Å². The average Bonchev–Trinajstić information content (AvgIpc) is 1.99. The normalized spacial score (nSPS) is 28.7. The fraction of sp³-hybridized carbons (Fsp3) is 0.875. The summed E-state index contributed by atoms with van der Waals surface area (Å²) in [6.45, 7) is 4.93. The molecule has 0 bridgehead atoms. The Bertz CT molecular complexity index is 138. The molecular weight excluding hydrogens is 140 g/mol. The van der Waals surface area contributed by atoms with Crippen molar-refractivity contribution in [2.24, 2.45) is 0 Å². The number of nitrogens with zero attached hydrogens (tertiary/aromatic N) is 2. The van der Waals surface area contributed by atoms with Gasteiger partial charge in [0.2, 0.25) is 0 Å². The zero-order valence-corrected chi connectivity index (χ0v) is 7.29. The maximum Gasteiger partial charge on any atom is 0.134 e. The maximum absolute atomic E-state index is 10.3. The van der Waals surface area contributed by atoms with Gasteiger partial charge in [0.05, 0.1) is 12.7 Å². The first-order chi connectivity index (χ1) is 5.25. The van der Waals surface area contributed by atoms with Gasteiger partial charge in [0.1, 0.15) is 6.29 Å². The SMILES string of the molecule is CC1N(C)CCCN1CC=O. The van der Waals surface area contributed by atoms with Crippen molar-refractivity contribution in [2.45, 2.75) is 19.5 Å². The molecule has 0 aromatic heterocycles. The van der Waals surface area contributed by atoms with Crippen molar-refractivity contribution in [3.8, 4) is 0 Å². The van der Waals surface area contributed by atoms with Crippen LogP contribution in [-0.4, -0.2) is 48.9 Å². The van der Waals surface area contributed by atoms with E-state index in [9.17, 15) is 4.79 Å². The predicted molar refractivity (Wildman–Crippen MR) is 44.3 cm³/mol. The molecular formula is C8H16N2O. The van der Waals surface area contributed by atoms with Crippen LogP contribution in [0.4, 0.5) is 0 Å². The second-order valence-electron chi connectivity index (χ2n) is 3.13. The van der Waals surface area contributed by atoms with E-state index in [0.29, 0.717) is 12.7 Å². The van der Waals surface area contributed by atoms with Gasteiger partial charge in [-0.25, -0.2) is 0 Å². The number of aldehydes is 1. The third-order valence-corrected chi connectivity index (χ3v) is 2.43. The first-order valence-electron chi connectivity index (χ1n) is 4.13. The monoisotopic (exact) mass is 156 g/mol. The summed E-state index contributed by atoms with van der Waals surface area (Å²) in [6.07, 6.45) is 2.58. The molecule has 0 spiro atoms. The molecule has 1 rings (SSSR count). The molecule has 0 aromatic carbocycles. The highest BCUT2D eigenvalue weighted by Gasteiger charge is 2.21. The number of hydrogen-bond acceptors (Lipinski definition) is 3. The molecule has 3 heteroatoms. The zero-order chi connectivity index (χ0) is 8.27. The van der Waals surface area contributed by atoms with E-state index in [1.807, 2.05) is 0 Å². The molecule has 0 N–H and O–H groups in total. The summed E-state index contributed by atoms with van der Waals surface area (Å²) in [5, 5.41) is 0. The van der Waals surface area contributed by atoms with Gasteiger partial charge in [0.15, 0.2) is 0 Å². The van der Waals surface area contributed by atoms with E-state index >= 15 is 0 Å². The Morgan fingerprint density at radius 3 is 2.91 bits per heavy atom. The minimum Gasteiger partial charge on any atom is -0.302 e. The van der Waals surface area contributed by atoms with Crippen molar-refractivity contribution in [1.29, 1.82) is 0 Å². The summed E-state index contributed by atoms with van der Waals surface area (Å²) in [5.74, 6) is 0. The van der Waals surface area contributed by atoms with Gasteiger partial charge in [-0.3, -0.25) is 9.80 Å². The van der Waals surface area contributed by atoms with Crippen LogP contribution in [0.25, 0.3) is 0 Å². The second kappa shape index (κ2) is 3.83. The fourth-order valence-electron chi connectivity index (χ4n) is 1.52. The molecule has 1 aliphatic rings. The average molecular weight is 156 g/mol. The minimum atomic E-state index is 0.425. The van der Waals surface area contributed by atoms with Crippen LogP contribution in [-0.2, 0) is 4.79 Å². The molecule has 0 radical (unpaired) electrons. The van der Waals surface area contributed by atoms with E-state index in [1.54, 1.807) is 0 Å². The summed E-state index contributed by atoms with van der Waals surface area (Å²) >= 11 is 0. The summed E-state index contributed by atoms with van der Waals surface area (Å²) < 4.78 is 0.